The van der Waals surface area contributed by atoms with E-state index in [1.807, 2.05) is 24.3 Å². The quantitative estimate of drug-likeness (QED) is 0.862. The summed E-state index contributed by atoms with van der Waals surface area (Å²) in [5.74, 6) is 0.721. The number of imidazole rings is 1. The molecule has 0 aliphatic heterocycles. The number of carbonyl (C=O) groups is 1. The van der Waals surface area contributed by atoms with E-state index in [0.29, 0.717) is 12.4 Å². The zero-order chi connectivity index (χ0) is 13.7. The molecular formula is C15H21N3O. The van der Waals surface area contributed by atoms with Crippen molar-refractivity contribution in [2.24, 2.45) is 0 Å². The van der Waals surface area contributed by atoms with Gasteiger partial charge in [-0.2, -0.15) is 0 Å². The van der Waals surface area contributed by atoms with Crippen LogP contribution in [0.5, 0.6) is 0 Å². The molecule has 102 valence electrons. The van der Waals surface area contributed by atoms with Gasteiger partial charge in [0.2, 0.25) is 11.9 Å². The molecule has 0 saturated carbocycles. The fourth-order valence-electron chi connectivity index (χ4n) is 2.15. The van der Waals surface area contributed by atoms with Crippen LogP contribution in [0.1, 0.15) is 39.5 Å². The van der Waals surface area contributed by atoms with E-state index in [9.17, 15) is 4.79 Å². The van der Waals surface area contributed by atoms with E-state index < -0.39 is 0 Å². The number of unbranched alkanes of at least 4 members (excludes halogenated alkanes) is 1. The number of hydrogen-bond acceptors (Lipinski definition) is 2. The van der Waals surface area contributed by atoms with Crippen molar-refractivity contribution in [3.8, 4) is 0 Å². The summed E-state index contributed by atoms with van der Waals surface area (Å²) in [6.45, 7) is 5.07. The molecule has 0 radical (unpaired) electrons. The third-order valence-electron chi connectivity index (χ3n) is 3.11. The number of nitrogens with one attached hydrogen (secondary N) is 1. The van der Waals surface area contributed by atoms with Gasteiger partial charge < -0.3 is 4.57 Å². The Hall–Kier alpha value is -1.84. The monoisotopic (exact) mass is 259 g/mol. The molecule has 4 nitrogen and oxygen atoms in total. The average Bonchev–Trinajstić information content (AvgIpc) is 2.75. The number of nitrogens with zero attached hydrogens (tertiary/aromatic N) is 2. The van der Waals surface area contributed by atoms with Crippen LogP contribution in [-0.4, -0.2) is 15.5 Å². The maximum absolute atomic E-state index is 11.8. The molecule has 0 atom stereocenters. The Bertz CT molecular complexity index is 560. The number of aromatic nitrogens is 2. The van der Waals surface area contributed by atoms with Gasteiger partial charge in [0, 0.05) is 13.0 Å². The average molecular weight is 259 g/mol. The van der Waals surface area contributed by atoms with Crippen molar-refractivity contribution in [2.75, 3.05) is 5.32 Å². The first-order valence-corrected chi connectivity index (χ1v) is 7.01. The van der Waals surface area contributed by atoms with Crippen LogP contribution in [0.15, 0.2) is 24.3 Å². The van der Waals surface area contributed by atoms with E-state index in [2.05, 4.69) is 28.7 Å². The third kappa shape index (κ3) is 3.13. The smallest absolute Gasteiger partial charge is 0.226 e. The van der Waals surface area contributed by atoms with Crippen molar-refractivity contribution < 1.29 is 4.79 Å². The number of carbonyl (C=O) groups excluding carboxylic acids is 1. The van der Waals surface area contributed by atoms with Crippen LogP contribution < -0.4 is 5.32 Å². The Balaban J connectivity index is 2.26. The number of benzene rings is 1. The SMILES string of the molecule is CCCCC(=O)Nc1nc2ccccc2n1CCC. The molecule has 4 heteroatoms. The summed E-state index contributed by atoms with van der Waals surface area (Å²) < 4.78 is 2.08. The van der Waals surface area contributed by atoms with Gasteiger partial charge in [-0.05, 0) is 25.0 Å². The van der Waals surface area contributed by atoms with E-state index in [0.717, 1.165) is 36.8 Å². The van der Waals surface area contributed by atoms with E-state index in [1.165, 1.54) is 0 Å². The highest BCUT2D eigenvalue weighted by Crippen LogP contribution is 2.20. The molecule has 0 aliphatic carbocycles. The predicted octanol–water partition coefficient (Wildman–Crippen LogP) is 3.58. The highest BCUT2D eigenvalue weighted by atomic mass is 16.1. The maximum atomic E-state index is 11.8. The summed E-state index contributed by atoms with van der Waals surface area (Å²) in [5, 5.41) is 2.93. The lowest BCUT2D eigenvalue weighted by atomic mass is 10.2. The Morgan fingerprint density at radius 3 is 2.79 bits per heavy atom. The number of aryl methyl sites for hydroxylation is 1. The Labute approximate surface area is 113 Å². The van der Waals surface area contributed by atoms with Crippen molar-refractivity contribution in [3.05, 3.63) is 24.3 Å². The molecule has 1 amide bonds. The second-order valence-corrected chi connectivity index (χ2v) is 4.73. The van der Waals surface area contributed by atoms with Crippen LogP contribution >= 0.6 is 0 Å². The minimum atomic E-state index is 0.0505. The molecular weight excluding hydrogens is 238 g/mol. The van der Waals surface area contributed by atoms with Gasteiger partial charge in [-0.3, -0.25) is 10.1 Å². The van der Waals surface area contributed by atoms with E-state index in [-0.39, 0.29) is 5.91 Å². The molecule has 1 heterocycles. The number of hydrogen-bond donors (Lipinski definition) is 1. The largest absolute Gasteiger partial charge is 0.310 e. The van der Waals surface area contributed by atoms with Gasteiger partial charge in [0.15, 0.2) is 0 Å². The number of anilines is 1. The van der Waals surface area contributed by atoms with Gasteiger partial charge in [0.05, 0.1) is 11.0 Å². The van der Waals surface area contributed by atoms with Crippen LogP contribution in [0, 0.1) is 0 Å². The minimum Gasteiger partial charge on any atom is -0.310 e. The summed E-state index contributed by atoms with van der Waals surface area (Å²) in [7, 11) is 0. The standard InChI is InChI=1S/C15H21N3O/c1-3-5-10-14(19)17-15-16-12-8-6-7-9-13(12)18(15)11-4-2/h6-9H,3-5,10-11H2,1-2H3,(H,16,17,19). The van der Waals surface area contributed by atoms with Gasteiger partial charge >= 0.3 is 0 Å². The first-order valence-electron chi connectivity index (χ1n) is 7.01. The van der Waals surface area contributed by atoms with Crippen LogP contribution in [0.4, 0.5) is 5.95 Å². The zero-order valence-corrected chi connectivity index (χ0v) is 11.6. The van der Waals surface area contributed by atoms with Crippen LogP contribution in [0.2, 0.25) is 0 Å². The zero-order valence-electron chi connectivity index (χ0n) is 11.6. The molecule has 2 aromatic rings. The summed E-state index contributed by atoms with van der Waals surface area (Å²) in [6.07, 6.45) is 3.52. The molecule has 1 N–H and O–H groups in total. The Kier molecular flexibility index (Phi) is 4.55. The molecule has 0 bridgehead atoms. The Morgan fingerprint density at radius 2 is 2.05 bits per heavy atom. The van der Waals surface area contributed by atoms with Gasteiger partial charge in [-0.15, -0.1) is 0 Å². The lowest BCUT2D eigenvalue weighted by Crippen LogP contribution is -2.15. The first kappa shape index (κ1) is 13.6. The van der Waals surface area contributed by atoms with Gasteiger partial charge in [-0.25, -0.2) is 4.98 Å². The molecule has 0 unspecified atom stereocenters. The van der Waals surface area contributed by atoms with Crippen molar-refractivity contribution >= 4 is 22.9 Å². The van der Waals surface area contributed by atoms with Crippen LogP contribution in [0.3, 0.4) is 0 Å². The normalized spacial score (nSPS) is 10.8. The summed E-state index contributed by atoms with van der Waals surface area (Å²) in [4.78, 5) is 16.4. The molecule has 0 spiro atoms. The van der Waals surface area contributed by atoms with Crippen LogP contribution in [-0.2, 0) is 11.3 Å². The molecule has 1 aromatic carbocycles. The van der Waals surface area contributed by atoms with Gasteiger partial charge in [0.1, 0.15) is 0 Å². The summed E-state index contributed by atoms with van der Waals surface area (Å²) >= 11 is 0. The fraction of sp³-hybridized carbons (Fsp3) is 0.467. The number of para-hydroxylation sites is 2. The van der Waals surface area contributed by atoms with E-state index in [4.69, 9.17) is 0 Å². The number of rotatable bonds is 6. The molecule has 0 saturated heterocycles. The second kappa shape index (κ2) is 6.36. The van der Waals surface area contributed by atoms with Crippen molar-refractivity contribution in [3.63, 3.8) is 0 Å². The molecule has 1 aromatic heterocycles. The van der Waals surface area contributed by atoms with Crippen LogP contribution in [0.25, 0.3) is 11.0 Å². The van der Waals surface area contributed by atoms with Crippen molar-refractivity contribution in [1.29, 1.82) is 0 Å². The summed E-state index contributed by atoms with van der Waals surface area (Å²) in [6, 6.07) is 7.98. The van der Waals surface area contributed by atoms with Gasteiger partial charge in [0.25, 0.3) is 0 Å². The maximum Gasteiger partial charge on any atom is 0.226 e. The Morgan fingerprint density at radius 1 is 1.26 bits per heavy atom. The number of fused-ring (bicyclic) bond motifs is 1. The molecule has 19 heavy (non-hydrogen) atoms. The topological polar surface area (TPSA) is 46.9 Å². The summed E-state index contributed by atoms with van der Waals surface area (Å²) in [5.41, 5.74) is 2.01. The predicted molar refractivity (Wildman–Crippen MR) is 78.2 cm³/mol. The lowest BCUT2D eigenvalue weighted by molar-refractivity contribution is -0.116. The molecule has 0 fully saturated rings. The molecule has 0 aliphatic rings. The highest BCUT2D eigenvalue weighted by Gasteiger charge is 2.11. The minimum absolute atomic E-state index is 0.0505. The lowest BCUT2D eigenvalue weighted by Gasteiger charge is -2.08. The van der Waals surface area contributed by atoms with Crippen molar-refractivity contribution in [2.45, 2.75) is 46.1 Å². The third-order valence-corrected chi connectivity index (χ3v) is 3.11. The van der Waals surface area contributed by atoms with Gasteiger partial charge in [-0.1, -0.05) is 32.4 Å². The second-order valence-electron chi connectivity index (χ2n) is 4.73. The first-order chi connectivity index (χ1) is 9.26. The highest BCUT2D eigenvalue weighted by molar-refractivity contribution is 5.91. The van der Waals surface area contributed by atoms with E-state index in [1.54, 1.807) is 0 Å². The molecule has 2 rings (SSSR count). The number of amides is 1. The van der Waals surface area contributed by atoms with E-state index >= 15 is 0 Å². The van der Waals surface area contributed by atoms with Crippen molar-refractivity contribution in [1.82, 2.24) is 9.55 Å². The fourth-order valence-corrected chi connectivity index (χ4v) is 2.15.